The lowest BCUT2D eigenvalue weighted by Crippen LogP contribution is -2.39. The fourth-order valence-corrected chi connectivity index (χ4v) is 2.81. The Hall–Kier alpha value is -0.570. The van der Waals surface area contributed by atoms with E-state index in [4.69, 9.17) is 4.74 Å². The summed E-state index contributed by atoms with van der Waals surface area (Å²) in [4.78, 5) is 13.8. The zero-order valence-electron chi connectivity index (χ0n) is 12.1. The predicted octanol–water partition coefficient (Wildman–Crippen LogP) is 3.37. The largest absolute Gasteiger partial charge is 0.466 e. The van der Waals surface area contributed by atoms with Crippen molar-refractivity contribution in [3.63, 3.8) is 0 Å². The van der Waals surface area contributed by atoms with E-state index in [2.05, 4.69) is 11.8 Å². The van der Waals surface area contributed by atoms with E-state index in [-0.39, 0.29) is 5.97 Å². The molecule has 1 fully saturated rings. The Labute approximate surface area is 112 Å². The van der Waals surface area contributed by atoms with Gasteiger partial charge in [-0.15, -0.1) is 0 Å². The van der Waals surface area contributed by atoms with Crippen molar-refractivity contribution < 1.29 is 9.53 Å². The maximum Gasteiger partial charge on any atom is 0.305 e. The average Bonchev–Trinajstić information content (AvgIpc) is 2.39. The summed E-state index contributed by atoms with van der Waals surface area (Å²) in [6.07, 6.45) is 9.34. The van der Waals surface area contributed by atoms with Crippen LogP contribution in [0.15, 0.2) is 0 Å². The van der Waals surface area contributed by atoms with Gasteiger partial charge in [-0.05, 0) is 52.1 Å². The predicted molar refractivity (Wildman–Crippen MR) is 74.6 cm³/mol. The van der Waals surface area contributed by atoms with Gasteiger partial charge >= 0.3 is 5.97 Å². The van der Waals surface area contributed by atoms with Gasteiger partial charge < -0.3 is 9.64 Å². The third-order valence-corrected chi connectivity index (χ3v) is 3.85. The topological polar surface area (TPSA) is 29.5 Å². The number of likely N-dealkylation sites (tertiary alicyclic amines) is 1. The molecular weight excluding hydrogens is 226 g/mol. The second-order valence-electron chi connectivity index (χ2n) is 5.21. The van der Waals surface area contributed by atoms with E-state index < -0.39 is 0 Å². The van der Waals surface area contributed by atoms with Crippen LogP contribution in [0.5, 0.6) is 0 Å². The fourth-order valence-electron chi connectivity index (χ4n) is 2.81. The highest BCUT2D eigenvalue weighted by Crippen LogP contribution is 2.19. The summed E-state index contributed by atoms with van der Waals surface area (Å²) in [5.74, 6) is -0.0399. The van der Waals surface area contributed by atoms with Crippen LogP contribution in [0.4, 0.5) is 0 Å². The van der Waals surface area contributed by atoms with E-state index in [1.165, 1.54) is 45.2 Å². The molecule has 1 heterocycles. The summed E-state index contributed by atoms with van der Waals surface area (Å²) < 4.78 is 4.92. The molecule has 0 aromatic carbocycles. The first-order valence-electron chi connectivity index (χ1n) is 7.67. The van der Waals surface area contributed by atoms with E-state index in [0.717, 1.165) is 18.9 Å². The third kappa shape index (κ3) is 5.85. The standard InChI is InChI=1S/C15H29NO2/c1-3-14-10-7-9-13-16(14)12-8-5-6-11-15(17)18-4-2/h14H,3-13H2,1-2H3. The molecule has 0 amide bonds. The highest BCUT2D eigenvalue weighted by atomic mass is 16.5. The van der Waals surface area contributed by atoms with Crippen molar-refractivity contribution in [3.05, 3.63) is 0 Å². The SMILES string of the molecule is CCOC(=O)CCCCCN1CCCCC1CC. The molecule has 0 N–H and O–H groups in total. The van der Waals surface area contributed by atoms with Crippen LogP contribution in [-0.2, 0) is 9.53 Å². The Morgan fingerprint density at radius 3 is 2.78 bits per heavy atom. The minimum Gasteiger partial charge on any atom is -0.466 e. The lowest BCUT2D eigenvalue weighted by molar-refractivity contribution is -0.143. The molecule has 3 nitrogen and oxygen atoms in total. The molecule has 3 heteroatoms. The van der Waals surface area contributed by atoms with Gasteiger partial charge in [0.25, 0.3) is 0 Å². The summed E-state index contributed by atoms with van der Waals surface area (Å²) >= 11 is 0. The molecule has 1 unspecified atom stereocenters. The van der Waals surface area contributed by atoms with Crippen LogP contribution in [0.25, 0.3) is 0 Å². The fraction of sp³-hybridized carbons (Fsp3) is 0.933. The quantitative estimate of drug-likeness (QED) is 0.492. The Kier molecular flexibility index (Phi) is 8.06. The minimum atomic E-state index is -0.0399. The smallest absolute Gasteiger partial charge is 0.305 e. The van der Waals surface area contributed by atoms with E-state index >= 15 is 0 Å². The molecule has 0 saturated carbocycles. The van der Waals surface area contributed by atoms with Gasteiger partial charge in [-0.3, -0.25) is 4.79 Å². The molecule has 0 aromatic rings. The van der Waals surface area contributed by atoms with Crippen LogP contribution in [0.1, 0.15) is 65.2 Å². The van der Waals surface area contributed by atoms with E-state index in [1.807, 2.05) is 6.92 Å². The minimum absolute atomic E-state index is 0.0399. The number of nitrogens with zero attached hydrogens (tertiary/aromatic N) is 1. The maximum absolute atomic E-state index is 11.2. The molecule has 106 valence electrons. The zero-order chi connectivity index (χ0) is 13.2. The van der Waals surface area contributed by atoms with Gasteiger partial charge in [0.1, 0.15) is 0 Å². The van der Waals surface area contributed by atoms with E-state index in [1.54, 1.807) is 0 Å². The first-order chi connectivity index (χ1) is 8.77. The van der Waals surface area contributed by atoms with Gasteiger partial charge in [0, 0.05) is 12.5 Å². The summed E-state index contributed by atoms with van der Waals surface area (Å²) in [6.45, 7) is 7.14. The van der Waals surface area contributed by atoms with Crippen LogP contribution in [0.3, 0.4) is 0 Å². The molecule has 0 spiro atoms. The monoisotopic (exact) mass is 255 g/mol. The molecule has 1 atom stereocenters. The highest BCUT2D eigenvalue weighted by molar-refractivity contribution is 5.69. The van der Waals surface area contributed by atoms with Crippen LogP contribution in [0, 0.1) is 0 Å². The number of carbonyl (C=O) groups is 1. The second kappa shape index (κ2) is 9.37. The van der Waals surface area contributed by atoms with Crippen molar-refractivity contribution in [1.29, 1.82) is 0 Å². The van der Waals surface area contributed by atoms with Crippen molar-refractivity contribution in [1.82, 2.24) is 4.90 Å². The van der Waals surface area contributed by atoms with Crippen molar-refractivity contribution in [2.45, 2.75) is 71.3 Å². The van der Waals surface area contributed by atoms with Gasteiger partial charge in [-0.1, -0.05) is 19.8 Å². The Balaban J connectivity index is 2.04. The number of ether oxygens (including phenoxy) is 1. The van der Waals surface area contributed by atoms with Crippen LogP contribution >= 0.6 is 0 Å². The summed E-state index contributed by atoms with van der Waals surface area (Å²) in [5, 5.41) is 0. The molecule has 1 aliphatic heterocycles. The molecular formula is C15H29NO2. The molecule has 1 saturated heterocycles. The molecule has 1 aliphatic rings. The molecule has 1 rings (SSSR count). The van der Waals surface area contributed by atoms with Crippen molar-refractivity contribution in [3.8, 4) is 0 Å². The van der Waals surface area contributed by atoms with E-state index in [0.29, 0.717) is 13.0 Å². The number of carbonyl (C=O) groups excluding carboxylic acids is 1. The lowest BCUT2D eigenvalue weighted by Gasteiger charge is -2.35. The van der Waals surface area contributed by atoms with Gasteiger partial charge in [-0.25, -0.2) is 0 Å². The first-order valence-corrected chi connectivity index (χ1v) is 7.67. The van der Waals surface area contributed by atoms with Crippen molar-refractivity contribution in [2.24, 2.45) is 0 Å². The number of rotatable bonds is 8. The third-order valence-electron chi connectivity index (χ3n) is 3.85. The number of unbranched alkanes of at least 4 members (excludes halogenated alkanes) is 2. The normalized spacial score (nSPS) is 20.9. The number of hydrogen-bond acceptors (Lipinski definition) is 3. The Morgan fingerprint density at radius 1 is 1.22 bits per heavy atom. The molecule has 0 radical (unpaired) electrons. The van der Waals surface area contributed by atoms with Crippen LogP contribution in [-0.4, -0.2) is 36.6 Å². The maximum atomic E-state index is 11.2. The molecule has 18 heavy (non-hydrogen) atoms. The molecule has 0 aliphatic carbocycles. The average molecular weight is 255 g/mol. The second-order valence-corrected chi connectivity index (χ2v) is 5.21. The number of hydrogen-bond donors (Lipinski definition) is 0. The number of piperidine rings is 1. The summed E-state index contributed by atoms with van der Waals surface area (Å²) in [6, 6.07) is 0.809. The Morgan fingerprint density at radius 2 is 2.06 bits per heavy atom. The van der Waals surface area contributed by atoms with Crippen molar-refractivity contribution in [2.75, 3.05) is 19.7 Å². The van der Waals surface area contributed by atoms with Crippen LogP contribution < -0.4 is 0 Å². The summed E-state index contributed by atoms with van der Waals surface area (Å²) in [5.41, 5.74) is 0. The number of esters is 1. The van der Waals surface area contributed by atoms with Crippen molar-refractivity contribution >= 4 is 5.97 Å². The molecule has 0 aromatic heterocycles. The first kappa shape index (κ1) is 15.5. The lowest BCUT2D eigenvalue weighted by atomic mass is 9.99. The van der Waals surface area contributed by atoms with Crippen LogP contribution in [0.2, 0.25) is 0 Å². The molecule has 0 bridgehead atoms. The van der Waals surface area contributed by atoms with E-state index in [9.17, 15) is 4.79 Å². The van der Waals surface area contributed by atoms with Gasteiger partial charge in [0.05, 0.1) is 6.61 Å². The zero-order valence-corrected chi connectivity index (χ0v) is 12.1. The summed E-state index contributed by atoms with van der Waals surface area (Å²) in [7, 11) is 0. The van der Waals surface area contributed by atoms with Gasteiger partial charge in [0.2, 0.25) is 0 Å². The Bertz CT molecular complexity index is 231. The van der Waals surface area contributed by atoms with Gasteiger partial charge in [0.15, 0.2) is 0 Å². The van der Waals surface area contributed by atoms with Gasteiger partial charge in [-0.2, -0.15) is 0 Å². The highest BCUT2D eigenvalue weighted by Gasteiger charge is 2.19.